The van der Waals surface area contributed by atoms with Crippen LogP contribution in [0.15, 0.2) is 18.2 Å². The molecular formula is C16H23Cl2N2O6P. The van der Waals surface area contributed by atoms with Gasteiger partial charge in [0.15, 0.2) is 0 Å². The summed E-state index contributed by atoms with van der Waals surface area (Å²) in [4.78, 5) is 44.0. The lowest BCUT2D eigenvalue weighted by molar-refractivity contribution is -0.142. The van der Waals surface area contributed by atoms with Crippen LogP contribution in [0.3, 0.4) is 0 Å². The van der Waals surface area contributed by atoms with E-state index in [1.807, 2.05) is 0 Å². The lowest BCUT2D eigenvalue weighted by Crippen LogP contribution is -2.50. The van der Waals surface area contributed by atoms with Gasteiger partial charge in [-0.15, -0.1) is 0 Å². The lowest BCUT2D eigenvalue weighted by Gasteiger charge is -2.27. The minimum absolute atomic E-state index is 0.0334. The molecule has 0 aliphatic heterocycles. The van der Waals surface area contributed by atoms with Crippen LogP contribution in [0.4, 0.5) is 4.79 Å². The van der Waals surface area contributed by atoms with Crippen LogP contribution in [-0.4, -0.2) is 52.7 Å². The van der Waals surface area contributed by atoms with E-state index < -0.39 is 31.9 Å². The smallest absolute Gasteiger partial charge is 0.344 e. The van der Waals surface area contributed by atoms with Gasteiger partial charge in [0.1, 0.15) is 12.3 Å². The third kappa shape index (κ3) is 8.49. The summed E-state index contributed by atoms with van der Waals surface area (Å²) >= 11 is 11.8. The summed E-state index contributed by atoms with van der Waals surface area (Å²) in [5, 5.41) is 3.12. The number of nitrogens with zero attached hydrogens (tertiary/aromatic N) is 1. The molecule has 0 heterocycles. The molecule has 152 valence electrons. The van der Waals surface area contributed by atoms with Gasteiger partial charge in [-0.25, -0.2) is 9.59 Å². The van der Waals surface area contributed by atoms with Crippen molar-refractivity contribution in [3.63, 3.8) is 0 Å². The van der Waals surface area contributed by atoms with Gasteiger partial charge in [-0.1, -0.05) is 43.1 Å². The summed E-state index contributed by atoms with van der Waals surface area (Å²) in [7, 11) is -3.29. The first-order chi connectivity index (χ1) is 12.4. The SMILES string of the molecule is COC(=O)[C@H](Cc1ccc(Cl)c(Cl)c1)NC(=O)N(CC(C)C)CP(=O)(O)O. The number of hydrogen-bond donors (Lipinski definition) is 3. The van der Waals surface area contributed by atoms with Gasteiger partial charge in [-0.3, -0.25) is 4.57 Å². The molecule has 0 aliphatic rings. The van der Waals surface area contributed by atoms with Crippen LogP contribution in [-0.2, 0) is 20.5 Å². The van der Waals surface area contributed by atoms with E-state index in [0.717, 1.165) is 4.90 Å². The number of esters is 1. The van der Waals surface area contributed by atoms with E-state index in [4.69, 9.17) is 27.9 Å². The predicted molar refractivity (Wildman–Crippen MR) is 103 cm³/mol. The maximum absolute atomic E-state index is 12.5. The van der Waals surface area contributed by atoms with Crippen molar-refractivity contribution in [2.75, 3.05) is 19.9 Å². The molecule has 8 nitrogen and oxygen atoms in total. The summed E-state index contributed by atoms with van der Waals surface area (Å²) in [5.74, 6) is -0.732. The van der Waals surface area contributed by atoms with Gasteiger partial charge in [0.25, 0.3) is 0 Å². The van der Waals surface area contributed by atoms with Crippen LogP contribution in [0.1, 0.15) is 19.4 Å². The molecule has 27 heavy (non-hydrogen) atoms. The zero-order valence-corrected chi connectivity index (χ0v) is 17.6. The maximum atomic E-state index is 12.5. The fourth-order valence-electron chi connectivity index (χ4n) is 2.35. The normalized spacial score (nSPS) is 12.6. The number of amides is 2. The maximum Gasteiger partial charge on any atom is 0.344 e. The van der Waals surface area contributed by atoms with E-state index >= 15 is 0 Å². The van der Waals surface area contributed by atoms with Gasteiger partial charge in [0.05, 0.1) is 17.2 Å². The van der Waals surface area contributed by atoms with E-state index in [0.29, 0.717) is 15.6 Å². The second-order valence-electron chi connectivity index (χ2n) is 6.40. The Kier molecular flexibility index (Phi) is 9.05. The van der Waals surface area contributed by atoms with E-state index in [1.54, 1.807) is 32.0 Å². The molecule has 0 radical (unpaired) electrons. The van der Waals surface area contributed by atoms with Crippen LogP contribution in [0.2, 0.25) is 10.0 Å². The minimum atomic E-state index is -4.47. The molecule has 3 N–H and O–H groups in total. The van der Waals surface area contributed by atoms with E-state index in [2.05, 4.69) is 5.32 Å². The van der Waals surface area contributed by atoms with Gasteiger partial charge in [0.2, 0.25) is 0 Å². The highest BCUT2D eigenvalue weighted by Gasteiger charge is 2.28. The zero-order valence-electron chi connectivity index (χ0n) is 15.2. The van der Waals surface area contributed by atoms with E-state index in [9.17, 15) is 23.9 Å². The van der Waals surface area contributed by atoms with Crippen molar-refractivity contribution in [1.82, 2.24) is 10.2 Å². The van der Waals surface area contributed by atoms with Gasteiger partial charge in [0, 0.05) is 13.0 Å². The van der Waals surface area contributed by atoms with Gasteiger partial charge in [-0.2, -0.15) is 0 Å². The molecule has 0 saturated carbocycles. The highest BCUT2D eigenvalue weighted by molar-refractivity contribution is 7.51. The molecule has 0 fully saturated rings. The van der Waals surface area contributed by atoms with Crippen LogP contribution in [0.5, 0.6) is 0 Å². The topological polar surface area (TPSA) is 116 Å². The fraction of sp³-hybridized carbons (Fsp3) is 0.500. The van der Waals surface area contributed by atoms with Crippen LogP contribution < -0.4 is 5.32 Å². The first-order valence-electron chi connectivity index (χ1n) is 8.04. The third-order valence-electron chi connectivity index (χ3n) is 3.43. The summed E-state index contributed by atoms with van der Waals surface area (Å²) < 4.78 is 16.0. The van der Waals surface area contributed by atoms with Gasteiger partial charge in [-0.05, 0) is 23.6 Å². The molecule has 1 aromatic rings. The minimum Gasteiger partial charge on any atom is -0.467 e. The number of nitrogens with one attached hydrogen (secondary N) is 1. The summed E-state index contributed by atoms with van der Waals surface area (Å²) in [6.07, 6.45) is -0.682. The van der Waals surface area contributed by atoms with Crippen molar-refractivity contribution in [3.05, 3.63) is 33.8 Å². The molecule has 0 saturated heterocycles. The quantitative estimate of drug-likeness (QED) is 0.422. The number of hydrogen-bond acceptors (Lipinski definition) is 4. The molecule has 1 aromatic carbocycles. The van der Waals surface area contributed by atoms with Crippen molar-refractivity contribution >= 4 is 42.8 Å². The molecule has 11 heteroatoms. The van der Waals surface area contributed by atoms with Crippen LogP contribution in [0, 0.1) is 5.92 Å². The Morgan fingerprint density at radius 2 is 1.89 bits per heavy atom. The second-order valence-corrected chi connectivity index (χ2v) is 8.83. The first kappa shape index (κ1) is 23.7. The number of carbonyl (C=O) groups excluding carboxylic acids is 2. The monoisotopic (exact) mass is 440 g/mol. The molecule has 2 amide bonds. The molecule has 0 unspecified atom stereocenters. The number of halogens is 2. The molecule has 0 aliphatic carbocycles. The van der Waals surface area contributed by atoms with Crippen LogP contribution in [0.25, 0.3) is 0 Å². The summed E-state index contributed by atoms with van der Waals surface area (Å²) in [5.41, 5.74) is 0.630. The Bertz CT molecular complexity index is 725. The molecule has 0 aromatic heterocycles. The standard InChI is InChI=1S/C16H23Cl2N2O6P/c1-10(2)8-20(9-27(23,24)25)16(22)19-14(15(21)26-3)7-11-4-5-12(17)13(18)6-11/h4-6,10,14H,7-9H2,1-3H3,(H,19,22)(H2,23,24,25)/t14-/m0/s1. The Labute approximate surface area is 167 Å². The Balaban J connectivity index is 2.98. The Morgan fingerprint density at radius 1 is 1.26 bits per heavy atom. The number of methoxy groups -OCH3 is 1. The third-order valence-corrected chi connectivity index (χ3v) is 4.88. The fourth-order valence-corrected chi connectivity index (χ4v) is 3.36. The highest BCUT2D eigenvalue weighted by Crippen LogP contribution is 2.35. The summed E-state index contributed by atoms with van der Waals surface area (Å²) in [6.45, 7) is 3.71. The number of urea groups is 1. The number of benzene rings is 1. The van der Waals surface area contributed by atoms with Crippen molar-refractivity contribution in [2.45, 2.75) is 26.3 Å². The zero-order chi connectivity index (χ0) is 20.8. The van der Waals surface area contributed by atoms with Gasteiger partial charge >= 0.3 is 19.6 Å². The first-order valence-corrected chi connectivity index (χ1v) is 10.6. The van der Waals surface area contributed by atoms with Crippen molar-refractivity contribution < 1.29 is 28.7 Å². The molecule has 0 bridgehead atoms. The van der Waals surface area contributed by atoms with Crippen molar-refractivity contribution in [1.29, 1.82) is 0 Å². The van der Waals surface area contributed by atoms with Crippen molar-refractivity contribution in [3.8, 4) is 0 Å². The van der Waals surface area contributed by atoms with E-state index in [1.165, 1.54) is 7.11 Å². The highest BCUT2D eigenvalue weighted by atomic mass is 35.5. The number of ether oxygens (including phenoxy) is 1. The summed E-state index contributed by atoms with van der Waals surface area (Å²) in [6, 6.07) is 2.94. The van der Waals surface area contributed by atoms with Crippen molar-refractivity contribution in [2.24, 2.45) is 5.92 Å². The Hall–Kier alpha value is -1.31. The largest absolute Gasteiger partial charge is 0.467 e. The predicted octanol–water partition coefficient (Wildman–Crippen LogP) is 2.88. The molecule has 1 atom stereocenters. The average molecular weight is 441 g/mol. The van der Waals surface area contributed by atoms with E-state index in [-0.39, 0.29) is 18.9 Å². The second kappa shape index (κ2) is 10.3. The molecular weight excluding hydrogens is 418 g/mol. The number of carbonyl (C=O) groups is 2. The molecule has 0 spiro atoms. The van der Waals surface area contributed by atoms with Gasteiger partial charge < -0.3 is 24.7 Å². The average Bonchev–Trinajstić information content (AvgIpc) is 2.54. The Morgan fingerprint density at radius 3 is 2.37 bits per heavy atom. The number of rotatable bonds is 8. The lowest BCUT2D eigenvalue weighted by atomic mass is 10.1. The van der Waals surface area contributed by atoms with Crippen LogP contribution >= 0.6 is 30.8 Å². The molecule has 1 rings (SSSR count).